The number of nitrogens with one attached hydrogen (secondary N) is 1. The molecule has 4 atom stereocenters. The zero-order valence-electron chi connectivity index (χ0n) is 15.0. The summed E-state index contributed by atoms with van der Waals surface area (Å²) in [7, 11) is 3.28. The molecule has 0 aromatic heterocycles. The van der Waals surface area contributed by atoms with Gasteiger partial charge < -0.3 is 14.8 Å². The first kappa shape index (κ1) is 17.1. The molecule has 132 valence electrons. The van der Waals surface area contributed by atoms with Gasteiger partial charge in [-0.1, -0.05) is 6.42 Å². The molecular weight excluding hydrogens is 302 g/mol. The second-order valence-corrected chi connectivity index (χ2v) is 7.42. The first-order valence-electron chi connectivity index (χ1n) is 9.10. The molecule has 0 saturated heterocycles. The van der Waals surface area contributed by atoms with Crippen LogP contribution in [0.15, 0.2) is 18.2 Å². The van der Waals surface area contributed by atoms with E-state index in [0.717, 1.165) is 28.9 Å². The van der Waals surface area contributed by atoms with Crippen LogP contribution in [0.5, 0.6) is 11.5 Å². The lowest BCUT2D eigenvalue weighted by Gasteiger charge is -2.28. The number of amides is 1. The van der Waals surface area contributed by atoms with Gasteiger partial charge in [-0.2, -0.15) is 0 Å². The summed E-state index contributed by atoms with van der Waals surface area (Å²) < 4.78 is 10.6. The van der Waals surface area contributed by atoms with Gasteiger partial charge in [-0.05, 0) is 68.1 Å². The fourth-order valence-electron chi connectivity index (χ4n) is 4.61. The fraction of sp³-hybridized carbons (Fsp3) is 0.650. The fourth-order valence-corrected chi connectivity index (χ4v) is 4.61. The van der Waals surface area contributed by atoms with Gasteiger partial charge in [0.05, 0.1) is 14.2 Å². The number of carbonyl (C=O) groups is 1. The highest BCUT2D eigenvalue weighted by Gasteiger charge is 2.42. The predicted octanol–water partition coefficient (Wildman–Crippen LogP) is 3.58. The molecule has 2 aliphatic rings. The van der Waals surface area contributed by atoms with Gasteiger partial charge >= 0.3 is 0 Å². The highest BCUT2D eigenvalue weighted by atomic mass is 16.5. The van der Waals surface area contributed by atoms with Crippen molar-refractivity contribution >= 4 is 5.91 Å². The zero-order valence-corrected chi connectivity index (χ0v) is 15.0. The second kappa shape index (κ2) is 7.45. The lowest BCUT2D eigenvalue weighted by Crippen LogP contribution is -2.40. The summed E-state index contributed by atoms with van der Waals surface area (Å²) in [4.78, 5) is 12.3. The molecule has 1 amide bonds. The van der Waals surface area contributed by atoms with E-state index in [0.29, 0.717) is 24.8 Å². The van der Waals surface area contributed by atoms with Gasteiger partial charge in [-0.3, -0.25) is 4.79 Å². The van der Waals surface area contributed by atoms with Crippen LogP contribution < -0.4 is 14.8 Å². The van der Waals surface area contributed by atoms with Crippen molar-refractivity contribution in [1.82, 2.24) is 5.32 Å². The van der Waals surface area contributed by atoms with Crippen LogP contribution in [0, 0.1) is 17.8 Å². The average molecular weight is 331 g/mol. The lowest BCUT2D eigenvalue weighted by atomic mass is 9.84. The molecule has 2 bridgehead atoms. The Labute approximate surface area is 144 Å². The molecule has 4 unspecified atom stereocenters. The minimum absolute atomic E-state index is 0.145. The van der Waals surface area contributed by atoms with Crippen molar-refractivity contribution in [2.45, 2.75) is 51.5 Å². The van der Waals surface area contributed by atoms with Crippen molar-refractivity contribution in [1.29, 1.82) is 0 Å². The van der Waals surface area contributed by atoms with Gasteiger partial charge in [0.2, 0.25) is 5.91 Å². The van der Waals surface area contributed by atoms with Crippen LogP contribution in [0.1, 0.15) is 44.6 Å². The monoisotopic (exact) mass is 331 g/mol. The molecule has 24 heavy (non-hydrogen) atoms. The molecule has 0 spiro atoms. The topological polar surface area (TPSA) is 47.6 Å². The third-order valence-electron chi connectivity index (χ3n) is 5.88. The van der Waals surface area contributed by atoms with Crippen LogP contribution in [-0.2, 0) is 11.2 Å². The van der Waals surface area contributed by atoms with Gasteiger partial charge in [-0.25, -0.2) is 0 Å². The number of carbonyl (C=O) groups excluding carboxylic acids is 1. The quantitative estimate of drug-likeness (QED) is 0.831. The van der Waals surface area contributed by atoms with Gasteiger partial charge in [0.15, 0.2) is 0 Å². The minimum Gasteiger partial charge on any atom is -0.497 e. The van der Waals surface area contributed by atoms with Crippen LogP contribution in [0.4, 0.5) is 0 Å². The van der Waals surface area contributed by atoms with E-state index < -0.39 is 0 Å². The Morgan fingerprint density at radius 3 is 2.42 bits per heavy atom. The number of ether oxygens (including phenoxy) is 2. The first-order chi connectivity index (χ1) is 11.6. The van der Waals surface area contributed by atoms with E-state index in [1.165, 1.54) is 25.7 Å². The third kappa shape index (κ3) is 3.85. The molecule has 1 aromatic rings. The van der Waals surface area contributed by atoms with Crippen LogP contribution in [0.25, 0.3) is 0 Å². The Balaban J connectivity index is 1.50. The van der Waals surface area contributed by atoms with Crippen molar-refractivity contribution in [3.8, 4) is 11.5 Å². The Bertz CT molecular complexity index is 564. The zero-order chi connectivity index (χ0) is 17.1. The number of rotatable bonds is 7. The third-order valence-corrected chi connectivity index (χ3v) is 5.88. The van der Waals surface area contributed by atoms with Gasteiger partial charge in [-0.15, -0.1) is 0 Å². The molecule has 2 saturated carbocycles. The maximum Gasteiger partial charge on any atom is 0.220 e. The van der Waals surface area contributed by atoms with E-state index in [1.807, 2.05) is 18.2 Å². The highest BCUT2D eigenvalue weighted by molar-refractivity contribution is 5.76. The molecular formula is C20H29NO3. The summed E-state index contributed by atoms with van der Waals surface area (Å²) >= 11 is 0. The molecule has 0 aliphatic heterocycles. The van der Waals surface area contributed by atoms with E-state index in [-0.39, 0.29) is 5.91 Å². The van der Waals surface area contributed by atoms with Gasteiger partial charge in [0.25, 0.3) is 0 Å². The smallest absolute Gasteiger partial charge is 0.220 e. The summed E-state index contributed by atoms with van der Waals surface area (Å²) in [5.74, 6) is 4.12. The van der Waals surface area contributed by atoms with E-state index in [1.54, 1.807) is 14.2 Å². The standard InChI is InChI=1S/C20H29NO3/c1-13(19-11-14-4-6-16(19)8-14)21-20(22)7-5-15-9-17(23-2)12-18(10-15)24-3/h9-10,12-14,16,19H,4-8,11H2,1-3H3,(H,21,22). The van der Waals surface area contributed by atoms with Gasteiger partial charge in [0, 0.05) is 18.5 Å². The normalized spacial score (nSPS) is 26.2. The molecule has 1 aromatic carbocycles. The molecule has 4 heteroatoms. The number of benzene rings is 1. The Kier molecular flexibility index (Phi) is 5.32. The Morgan fingerprint density at radius 1 is 1.17 bits per heavy atom. The Hall–Kier alpha value is -1.71. The summed E-state index contributed by atoms with van der Waals surface area (Å²) in [5.41, 5.74) is 1.06. The van der Waals surface area contributed by atoms with Crippen LogP contribution in [0.3, 0.4) is 0 Å². The van der Waals surface area contributed by atoms with Crippen LogP contribution >= 0.6 is 0 Å². The number of methoxy groups -OCH3 is 2. The van der Waals surface area contributed by atoms with Crippen molar-refractivity contribution in [3.05, 3.63) is 23.8 Å². The van der Waals surface area contributed by atoms with Gasteiger partial charge in [0.1, 0.15) is 11.5 Å². The van der Waals surface area contributed by atoms with E-state index in [4.69, 9.17) is 9.47 Å². The molecule has 2 fully saturated rings. The van der Waals surface area contributed by atoms with Crippen molar-refractivity contribution in [3.63, 3.8) is 0 Å². The van der Waals surface area contributed by atoms with E-state index in [9.17, 15) is 4.79 Å². The highest BCUT2D eigenvalue weighted by Crippen LogP contribution is 2.49. The first-order valence-corrected chi connectivity index (χ1v) is 9.10. The summed E-state index contributed by atoms with van der Waals surface area (Å²) in [6, 6.07) is 6.08. The van der Waals surface area contributed by atoms with Crippen molar-refractivity contribution in [2.24, 2.45) is 17.8 Å². The molecule has 3 rings (SSSR count). The number of hydrogen-bond donors (Lipinski definition) is 1. The summed E-state index contributed by atoms with van der Waals surface area (Å²) in [6.07, 6.45) is 6.65. The maximum atomic E-state index is 12.3. The number of aryl methyl sites for hydroxylation is 1. The predicted molar refractivity (Wildman–Crippen MR) is 94.4 cm³/mol. The second-order valence-electron chi connectivity index (χ2n) is 7.42. The molecule has 0 heterocycles. The van der Waals surface area contributed by atoms with Crippen LogP contribution in [-0.4, -0.2) is 26.2 Å². The molecule has 4 nitrogen and oxygen atoms in total. The van der Waals surface area contributed by atoms with E-state index in [2.05, 4.69) is 12.2 Å². The minimum atomic E-state index is 0.145. The SMILES string of the molecule is COc1cc(CCC(=O)NC(C)C2CC3CCC2C3)cc(OC)c1. The number of fused-ring (bicyclic) bond motifs is 2. The Morgan fingerprint density at radius 2 is 1.88 bits per heavy atom. The summed E-state index contributed by atoms with van der Waals surface area (Å²) in [6.45, 7) is 2.18. The molecule has 0 radical (unpaired) electrons. The molecule has 2 aliphatic carbocycles. The maximum absolute atomic E-state index is 12.3. The van der Waals surface area contributed by atoms with Crippen molar-refractivity contribution < 1.29 is 14.3 Å². The largest absolute Gasteiger partial charge is 0.497 e. The molecule has 1 N–H and O–H groups in total. The summed E-state index contributed by atoms with van der Waals surface area (Å²) in [5, 5.41) is 3.23. The lowest BCUT2D eigenvalue weighted by molar-refractivity contribution is -0.122. The van der Waals surface area contributed by atoms with E-state index >= 15 is 0 Å². The van der Waals surface area contributed by atoms with Crippen LogP contribution in [0.2, 0.25) is 0 Å². The average Bonchev–Trinajstić information content (AvgIpc) is 3.22. The number of hydrogen-bond acceptors (Lipinski definition) is 3. The van der Waals surface area contributed by atoms with Crippen molar-refractivity contribution in [2.75, 3.05) is 14.2 Å².